The number of hydrogen-bond acceptors (Lipinski definition) is 8. The van der Waals surface area contributed by atoms with Crippen molar-refractivity contribution in [1.82, 2.24) is 29.2 Å². The van der Waals surface area contributed by atoms with E-state index in [0.29, 0.717) is 41.0 Å². The van der Waals surface area contributed by atoms with Crippen molar-refractivity contribution in [3.63, 3.8) is 0 Å². The van der Waals surface area contributed by atoms with Gasteiger partial charge < -0.3 is 29.7 Å². The fraction of sp³-hybridized carbons (Fsp3) is 0.333. The van der Waals surface area contributed by atoms with Gasteiger partial charge in [-0.3, -0.25) is 9.48 Å². The second-order valence-electron chi connectivity index (χ2n) is 13.1. The molecule has 1 aliphatic carbocycles. The SMILES string of the molecule is C=CC(=O)Nc1cc(Nc2ncc(-c3cnn(C)c3)c(-c3cn(C4CC4)c4ccccc34)n2)c(OC)cc1N1CC2CN(C)CC2C1. The Kier molecular flexibility index (Phi) is 7.20. The molecule has 3 aromatic heterocycles. The summed E-state index contributed by atoms with van der Waals surface area (Å²) >= 11 is 0. The van der Waals surface area contributed by atoms with Gasteiger partial charge in [-0.15, -0.1) is 0 Å². The number of amides is 1. The van der Waals surface area contributed by atoms with Gasteiger partial charge in [-0.25, -0.2) is 9.97 Å². The highest BCUT2D eigenvalue weighted by Gasteiger charge is 2.39. The van der Waals surface area contributed by atoms with Crippen LogP contribution >= 0.6 is 0 Å². The third-order valence-corrected chi connectivity index (χ3v) is 9.76. The molecule has 2 aliphatic heterocycles. The summed E-state index contributed by atoms with van der Waals surface area (Å²) in [5.74, 6) is 1.98. The van der Waals surface area contributed by atoms with Crippen molar-refractivity contribution < 1.29 is 9.53 Å². The van der Waals surface area contributed by atoms with Gasteiger partial charge >= 0.3 is 0 Å². The number of methoxy groups -OCH3 is 1. The van der Waals surface area contributed by atoms with E-state index in [-0.39, 0.29) is 5.91 Å². The van der Waals surface area contributed by atoms with Crippen molar-refractivity contribution in [2.24, 2.45) is 18.9 Å². The lowest BCUT2D eigenvalue weighted by atomic mass is 10.0. The van der Waals surface area contributed by atoms with Crippen LogP contribution in [0.3, 0.4) is 0 Å². The molecule has 8 rings (SSSR count). The molecule has 0 spiro atoms. The maximum absolute atomic E-state index is 12.6. The normalized spacial score (nSPS) is 19.3. The number of nitrogens with one attached hydrogen (secondary N) is 2. The van der Waals surface area contributed by atoms with E-state index in [9.17, 15) is 4.79 Å². The number of likely N-dealkylation sites (tertiary alicyclic amines) is 1. The number of ether oxygens (including phenoxy) is 1. The molecule has 1 saturated carbocycles. The predicted octanol–water partition coefficient (Wildman–Crippen LogP) is 5.71. The lowest BCUT2D eigenvalue weighted by Crippen LogP contribution is -2.27. The molecular formula is C36H39N9O2. The quantitative estimate of drug-likeness (QED) is 0.200. The minimum absolute atomic E-state index is 0.270. The lowest BCUT2D eigenvalue weighted by molar-refractivity contribution is -0.111. The molecule has 3 fully saturated rings. The molecule has 3 aliphatic rings. The Morgan fingerprint density at radius 3 is 2.49 bits per heavy atom. The number of rotatable bonds is 9. The highest BCUT2D eigenvalue weighted by Crippen LogP contribution is 2.44. The number of hydrogen-bond donors (Lipinski definition) is 2. The van der Waals surface area contributed by atoms with E-state index >= 15 is 0 Å². The first-order valence-corrected chi connectivity index (χ1v) is 16.2. The standard InChI is InChI=1S/C36H39N9O2/c1-5-34(46)39-29-12-30(33(47-4)13-32(29)44-19-23-16-42(2)17-24(23)20-44)40-36-37-15-27(22-14-38-43(3)18-22)35(41-36)28-21-45(25-10-11-25)31-9-7-6-8-26(28)31/h5-9,12-15,18,21,23-25H,1,10-11,16-17,19-20H2,2-4H3,(H,39,46)(H,37,40,41). The van der Waals surface area contributed by atoms with Gasteiger partial charge in [0.1, 0.15) is 5.75 Å². The summed E-state index contributed by atoms with van der Waals surface area (Å²) in [7, 11) is 5.75. The van der Waals surface area contributed by atoms with E-state index in [0.717, 1.165) is 59.6 Å². The van der Waals surface area contributed by atoms with Crippen LogP contribution in [-0.2, 0) is 11.8 Å². The summed E-state index contributed by atoms with van der Waals surface area (Å²) in [4.78, 5) is 27.3. The monoisotopic (exact) mass is 629 g/mol. The van der Waals surface area contributed by atoms with Crippen LogP contribution in [0.2, 0.25) is 0 Å². The Balaban J connectivity index is 1.20. The molecule has 240 valence electrons. The first-order chi connectivity index (χ1) is 22.9. The number of fused-ring (bicyclic) bond motifs is 2. The third kappa shape index (κ3) is 5.40. The van der Waals surface area contributed by atoms with E-state index in [1.54, 1.807) is 11.8 Å². The molecule has 2 saturated heterocycles. The van der Waals surface area contributed by atoms with Crippen molar-refractivity contribution in [1.29, 1.82) is 0 Å². The van der Waals surface area contributed by atoms with Crippen LogP contribution in [0.4, 0.5) is 23.0 Å². The van der Waals surface area contributed by atoms with Gasteiger partial charge in [0.15, 0.2) is 0 Å². The zero-order valence-corrected chi connectivity index (χ0v) is 27.0. The molecule has 11 nitrogen and oxygen atoms in total. The molecule has 47 heavy (non-hydrogen) atoms. The van der Waals surface area contributed by atoms with Crippen LogP contribution in [0.1, 0.15) is 18.9 Å². The maximum atomic E-state index is 12.6. The first-order valence-electron chi connectivity index (χ1n) is 16.2. The molecule has 0 radical (unpaired) electrons. The molecule has 0 bridgehead atoms. The Bertz CT molecular complexity index is 1990. The molecule has 2 atom stereocenters. The number of carbonyl (C=O) groups is 1. The Morgan fingerprint density at radius 2 is 1.79 bits per heavy atom. The molecule has 2 aromatic carbocycles. The highest BCUT2D eigenvalue weighted by molar-refractivity contribution is 6.02. The van der Waals surface area contributed by atoms with Crippen molar-refractivity contribution in [2.45, 2.75) is 18.9 Å². The molecular weight excluding hydrogens is 590 g/mol. The number of nitrogens with zero attached hydrogens (tertiary/aromatic N) is 7. The molecule has 5 aromatic rings. The predicted molar refractivity (Wildman–Crippen MR) is 185 cm³/mol. The number of carbonyl (C=O) groups excluding carboxylic acids is 1. The van der Waals surface area contributed by atoms with Crippen LogP contribution in [0.15, 0.2) is 73.8 Å². The second-order valence-corrected chi connectivity index (χ2v) is 13.1. The van der Waals surface area contributed by atoms with Crippen LogP contribution in [0.25, 0.3) is 33.3 Å². The molecule has 2 unspecified atom stereocenters. The number of aryl methyl sites for hydroxylation is 1. The largest absolute Gasteiger partial charge is 0.494 e. The van der Waals surface area contributed by atoms with Gasteiger partial charge in [0.25, 0.3) is 0 Å². The molecule has 11 heteroatoms. The Hall–Kier alpha value is -5.16. The minimum atomic E-state index is -0.270. The molecule has 1 amide bonds. The van der Waals surface area contributed by atoms with E-state index in [1.807, 2.05) is 37.8 Å². The van der Waals surface area contributed by atoms with E-state index in [2.05, 4.69) is 74.2 Å². The smallest absolute Gasteiger partial charge is 0.247 e. The van der Waals surface area contributed by atoms with Gasteiger partial charge in [0, 0.05) is 91.5 Å². The fourth-order valence-electron chi connectivity index (χ4n) is 7.39. The lowest BCUT2D eigenvalue weighted by Gasteiger charge is -2.26. The second kappa shape index (κ2) is 11.6. The number of benzene rings is 2. The minimum Gasteiger partial charge on any atom is -0.494 e. The summed E-state index contributed by atoms with van der Waals surface area (Å²) in [5.41, 5.74) is 7.16. The highest BCUT2D eigenvalue weighted by atomic mass is 16.5. The van der Waals surface area contributed by atoms with E-state index < -0.39 is 0 Å². The first kappa shape index (κ1) is 29.3. The Labute approximate surface area is 273 Å². The number of para-hydroxylation sites is 1. The number of aromatic nitrogens is 5. The fourth-order valence-corrected chi connectivity index (χ4v) is 7.39. The third-order valence-electron chi connectivity index (χ3n) is 9.76. The van der Waals surface area contributed by atoms with Crippen LogP contribution in [-0.4, -0.2) is 75.5 Å². The summed E-state index contributed by atoms with van der Waals surface area (Å²) in [5, 5.41) is 12.0. The molecule has 2 N–H and O–H groups in total. The summed E-state index contributed by atoms with van der Waals surface area (Å²) in [6.45, 7) is 7.70. The van der Waals surface area contributed by atoms with Crippen LogP contribution < -0.4 is 20.3 Å². The van der Waals surface area contributed by atoms with Gasteiger partial charge in [0.2, 0.25) is 11.9 Å². The van der Waals surface area contributed by atoms with Gasteiger partial charge in [-0.2, -0.15) is 5.10 Å². The Morgan fingerprint density at radius 1 is 1.00 bits per heavy atom. The van der Waals surface area contributed by atoms with Crippen LogP contribution in [0, 0.1) is 11.8 Å². The summed E-state index contributed by atoms with van der Waals surface area (Å²) < 4.78 is 10.1. The van der Waals surface area contributed by atoms with Crippen LogP contribution in [0.5, 0.6) is 5.75 Å². The van der Waals surface area contributed by atoms with E-state index in [4.69, 9.17) is 14.7 Å². The average molecular weight is 630 g/mol. The molecule has 5 heterocycles. The number of anilines is 4. The zero-order valence-electron chi connectivity index (χ0n) is 27.0. The maximum Gasteiger partial charge on any atom is 0.247 e. The van der Waals surface area contributed by atoms with Gasteiger partial charge in [-0.1, -0.05) is 24.8 Å². The zero-order chi connectivity index (χ0) is 32.2. The van der Waals surface area contributed by atoms with Crippen molar-refractivity contribution in [3.05, 3.63) is 73.8 Å². The van der Waals surface area contributed by atoms with Gasteiger partial charge in [0.05, 0.1) is 36.1 Å². The van der Waals surface area contributed by atoms with Gasteiger partial charge in [-0.05, 0) is 49.9 Å². The van der Waals surface area contributed by atoms with E-state index in [1.165, 1.54) is 24.4 Å². The van der Waals surface area contributed by atoms with Crippen molar-refractivity contribution in [3.8, 4) is 28.1 Å². The topological polar surface area (TPSA) is 105 Å². The summed E-state index contributed by atoms with van der Waals surface area (Å²) in [6, 6.07) is 12.9. The van der Waals surface area contributed by atoms with Crippen molar-refractivity contribution >= 4 is 39.8 Å². The van der Waals surface area contributed by atoms with Crippen molar-refractivity contribution in [2.75, 3.05) is 55.9 Å². The summed E-state index contributed by atoms with van der Waals surface area (Å²) in [6.07, 6.45) is 11.6. The average Bonchev–Trinajstić information content (AvgIpc) is 3.34.